The number of halogens is 2. The fourth-order valence-corrected chi connectivity index (χ4v) is 1.54. The predicted molar refractivity (Wildman–Crippen MR) is 47.4 cm³/mol. The number of nitrogens with zero attached hydrogens (tertiary/aromatic N) is 2. The van der Waals surface area contributed by atoms with Crippen LogP contribution in [0.2, 0.25) is 0 Å². The van der Waals surface area contributed by atoms with Gasteiger partial charge < -0.3 is 0 Å². The molecule has 0 amide bonds. The van der Waals surface area contributed by atoms with Crippen molar-refractivity contribution in [2.45, 2.75) is 0 Å². The molecule has 0 N–H and O–H groups in total. The Morgan fingerprint density at radius 2 is 2.40 bits per heavy atom. The van der Waals surface area contributed by atoms with Gasteiger partial charge in [0, 0.05) is 12.3 Å². The van der Waals surface area contributed by atoms with E-state index < -0.39 is 0 Å². The lowest BCUT2D eigenvalue weighted by atomic mass is 10.6. The van der Waals surface area contributed by atoms with Crippen LogP contribution in [-0.2, 0) is 0 Å². The van der Waals surface area contributed by atoms with Crippen molar-refractivity contribution in [2.75, 3.05) is 12.9 Å². The molecule has 1 heterocycles. The summed E-state index contributed by atoms with van der Waals surface area (Å²) in [4.78, 5) is 3.96. The Morgan fingerprint density at radius 3 is 2.90 bits per heavy atom. The van der Waals surface area contributed by atoms with Crippen molar-refractivity contribution in [3.05, 3.63) is 11.2 Å². The summed E-state index contributed by atoms with van der Waals surface area (Å²) in [6, 6.07) is 0. The van der Waals surface area contributed by atoms with Crippen molar-refractivity contribution in [1.29, 1.82) is 0 Å². The molecule has 0 saturated heterocycles. The Labute approximate surface area is 74.0 Å². The van der Waals surface area contributed by atoms with Gasteiger partial charge in [0.2, 0.25) is 0 Å². The van der Waals surface area contributed by atoms with Crippen molar-refractivity contribution >= 4 is 40.3 Å². The second-order valence-electron chi connectivity index (χ2n) is 1.65. The van der Waals surface area contributed by atoms with Crippen LogP contribution in [0.4, 0.5) is 0 Å². The number of rotatable bonds is 1. The molecule has 56 valence electrons. The monoisotopic (exact) mass is 196 g/mol. The fourth-order valence-electron chi connectivity index (χ4n) is 0.560. The molecule has 0 aliphatic carbocycles. The van der Waals surface area contributed by atoms with E-state index >= 15 is 0 Å². The van der Waals surface area contributed by atoms with Crippen LogP contribution in [0.3, 0.4) is 0 Å². The molecule has 0 aromatic heterocycles. The molecule has 0 radical (unpaired) electrons. The second-order valence-corrected chi connectivity index (χ2v) is 3.23. The first kappa shape index (κ1) is 8.24. The topological polar surface area (TPSA) is 15.6 Å². The van der Waals surface area contributed by atoms with Gasteiger partial charge in [-0.1, -0.05) is 35.1 Å². The third-order valence-corrected chi connectivity index (χ3v) is 2.44. The maximum Gasteiger partial charge on any atom is 0.128 e. The number of allylic oxidation sites excluding steroid dienone is 1. The van der Waals surface area contributed by atoms with E-state index in [0.29, 0.717) is 17.0 Å². The van der Waals surface area contributed by atoms with Gasteiger partial charge in [0.1, 0.15) is 17.0 Å². The van der Waals surface area contributed by atoms with E-state index in [2.05, 4.69) is 4.99 Å². The fraction of sp³-hybridized carbons (Fsp3) is 0.400. The molecule has 0 aromatic carbocycles. The van der Waals surface area contributed by atoms with Crippen LogP contribution in [0.25, 0.3) is 0 Å². The van der Waals surface area contributed by atoms with E-state index in [1.807, 2.05) is 10.6 Å². The minimum atomic E-state index is 0.468. The first-order valence-corrected chi connectivity index (χ1v) is 4.56. The summed E-state index contributed by atoms with van der Waals surface area (Å²) in [5.74, 6) is 0. The highest BCUT2D eigenvalue weighted by Gasteiger charge is 2.09. The van der Waals surface area contributed by atoms with Gasteiger partial charge in [-0.15, -0.1) is 0 Å². The van der Waals surface area contributed by atoms with Gasteiger partial charge in [-0.3, -0.25) is 9.30 Å². The third kappa shape index (κ3) is 1.81. The van der Waals surface area contributed by atoms with Crippen LogP contribution in [0.5, 0.6) is 0 Å². The molecule has 0 unspecified atom stereocenters. The van der Waals surface area contributed by atoms with Crippen molar-refractivity contribution in [1.82, 2.24) is 4.31 Å². The highest BCUT2D eigenvalue weighted by Crippen LogP contribution is 2.21. The van der Waals surface area contributed by atoms with Crippen molar-refractivity contribution in [3.8, 4) is 0 Å². The quantitative estimate of drug-likeness (QED) is 0.473. The SMILES string of the molecule is CSN1CN=C(Cl)C=C1Cl. The number of aliphatic imine (C=N–C) groups is 1. The summed E-state index contributed by atoms with van der Waals surface area (Å²) in [5, 5.41) is 1.10. The van der Waals surface area contributed by atoms with Crippen LogP contribution in [0.15, 0.2) is 16.2 Å². The van der Waals surface area contributed by atoms with E-state index in [-0.39, 0.29) is 0 Å². The van der Waals surface area contributed by atoms with Crippen LogP contribution >= 0.6 is 35.1 Å². The molecule has 10 heavy (non-hydrogen) atoms. The molecular weight excluding hydrogens is 191 g/mol. The molecule has 0 atom stereocenters. The lowest BCUT2D eigenvalue weighted by molar-refractivity contribution is 0.622. The molecule has 0 bridgehead atoms. The molecule has 1 rings (SSSR count). The minimum absolute atomic E-state index is 0.468. The van der Waals surface area contributed by atoms with Crippen LogP contribution in [0.1, 0.15) is 0 Å². The first-order valence-electron chi connectivity index (χ1n) is 2.63. The Kier molecular flexibility index (Phi) is 2.89. The van der Waals surface area contributed by atoms with E-state index in [4.69, 9.17) is 23.2 Å². The lowest BCUT2D eigenvalue weighted by Gasteiger charge is -2.20. The molecule has 1 aliphatic heterocycles. The zero-order valence-corrected chi connectivity index (χ0v) is 7.67. The largest absolute Gasteiger partial charge is 0.285 e. The van der Waals surface area contributed by atoms with Gasteiger partial charge in [0.25, 0.3) is 0 Å². The molecule has 5 heteroatoms. The Balaban J connectivity index is 2.68. The summed E-state index contributed by atoms with van der Waals surface area (Å²) in [6.45, 7) is 0.537. The normalized spacial score (nSPS) is 18.5. The third-order valence-electron chi connectivity index (χ3n) is 1.05. The second kappa shape index (κ2) is 3.51. The van der Waals surface area contributed by atoms with Crippen LogP contribution < -0.4 is 0 Å². The zero-order chi connectivity index (χ0) is 7.56. The minimum Gasteiger partial charge on any atom is -0.285 e. The van der Waals surface area contributed by atoms with Gasteiger partial charge in [-0.2, -0.15) is 0 Å². The summed E-state index contributed by atoms with van der Waals surface area (Å²) in [6.07, 6.45) is 3.56. The zero-order valence-electron chi connectivity index (χ0n) is 5.34. The van der Waals surface area contributed by atoms with Gasteiger partial charge in [-0.05, 0) is 0 Å². The highest BCUT2D eigenvalue weighted by molar-refractivity contribution is 7.96. The summed E-state index contributed by atoms with van der Waals surface area (Å²) >= 11 is 12.9. The Bertz CT molecular complexity index is 190. The average molecular weight is 197 g/mol. The Morgan fingerprint density at radius 1 is 1.70 bits per heavy atom. The summed E-state index contributed by atoms with van der Waals surface area (Å²) < 4.78 is 1.84. The van der Waals surface area contributed by atoms with Crippen molar-refractivity contribution in [2.24, 2.45) is 4.99 Å². The molecule has 1 aliphatic rings. The van der Waals surface area contributed by atoms with E-state index in [9.17, 15) is 0 Å². The van der Waals surface area contributed by atoms with Crippen molar-refractivity contribution < 1.29 is 0 Å². The molecule has 0 saturated carbocycles. The summed E-state index contributed by atoms with van der Waals surface area (Å²) in [7, 11) is 0. The van der Waals surface area contributed by atoms with E-state index in [1.165, 1.54) is 11.9 Å². The molecular formula is C5H6Cl2N2S. The van der Waals surface area contributed by atoms with Gasteiger partial charge in [-0.25, -0.2) is 0 Å². The number of hydrogen-bond donors (Lipinski definition) is 0. The molecule has 0 fully saturated rings. The smallest absolute Gasteiger partial charge is 0.128 e. The highest BCUT2D eigenvalue weighted by atomic mass is 35.5. The average Bonchev–Trinajstić information content (AvgIpc) is 1.88. The first-order chi connectivity index (χ1) is 4.74. The molecule has 2 nitrogen and oxygen atoms in total. The van der Waals surface area contributed by atoms with E-state index in [1.54, 1.807) is 6.08 Å². The maximum absolute atomic E-state index is 5.78. The van der Waals surface area contributed by atoms with Gasteiger partial charge in [0.05, 0.1) is 0 Å². The number of hydrogen-bond acceptors (Lipinski definition) is 3. The predicted octanol–water partition coefficient (Wildman–Crippen LogP) is 2.26. The molecule has 0 spiro atoms. The summed E-state index contributed by atoms with van der Waals surface area (Å²) in [5.41, 5.74) is 0. The van der Waals surface area contributed by atoms with Crippen LogP contribution in [-0.4, -0.2) is 22.4 Å². The van der Waals surface area contributed by atoms with Gasteiger partial charge in [0.15, 0.2) is 0 Å². The lowest BCUT2D eigenvalue weighted by Crippen LogP contribution is -2.16. The maximum atomic E-state index is 5.78. The Hall–Kier alpha value is 0.140. The van der Waals surface area contributed by atoms with E-state index in [0.717, 1.165) is 0 Å². The van der Waals surface area contributed by atoms with Crippen LogP contribution in [0, 0.1) is 0 Å². The van der Waals surface area contributed by atoms with Crippen molar-refractivity contribution in [3.63, 3.8) is 0 Å². The standard InChI is InChI=1S/C5H6Cl2N2S/c1-10-9-3-8-4(6)2-5(9)7/h2H,3H2,1H3. The van der Waals surface area contributed by atoms with Gasteiger partial charge >= 0.3 is 0 Å². The molecule has 0 aromatic rings.